The predicted octanol–water partition coefficient (Wildman–Crippen LogP) is 4.06. The van der Waals surface area contributed by atoms with E-state index >= 15 is 0 Å². The summed E-state index contributed by atoms with van der Waals surface area (Å²) >= 11 is 0. The minimum Gasteiger partial charge on any atom is -0.393 e. The van der Waals surface area contributed by atoms with Gasteiger partial charge in [-0.05, 0) is 48.9 Å². The number of nitrogens with one attached hydrogen (secondary N) is 2. The molecule has 1 saturated carbocycles. The van der Waals surface area contributed by atoms with Gasteiger partial charge < -0.3 is 21.3 Å². The van der Waals surface area contributed by atoms with Crippen LogP contribution in [0, 0.1) is 0 Å². The zero-order valence-corrected chi connectivity index (χ0v) is 20.8. The summed E-state index contributed by atoms with van der Waals surface area (Å²) in [6, 6.07) is 6.48. The molecule has 6 N–H and O–H groups in total. The van der Waals surface area contributed by atoms with Crippen molar-refractivity contribution in [3.8, 4) is 11.1 Å². The molecule has 0 radical (unpaired) electrons. The molecule has 0 aromatic heterocycles. The molecule has 3 atom stereocenters. The molecule has 2 aromatic carbocycles. The monoisotopic (exact) mass is 547 g/mol. The highest BCUT2D eigenvalue weighted by molar-refractivity contribution is 5.83. The van der Waals surface area contributed by atoms with E-state index < -0.39 is 60.6 Å². The molecule has 12 heteroatoms. The fourth-order valence-electron chi connectivity index (χ4n) is 3.99. The van der Waals surface area contributed by atoms with Gasteiger partial charge in [0, 0.05) is 6.42 Å². The largest absolute Gasteiger partial charge is 0.407 e. The van der Waals surface area contributed by atoms with Crippen LogP contribution in [0.1, 0.15) is 50.3 Å². The molecule has 1 amide bonds. The first-order chi connectivity index (χ1) is 17.5. The van der Waals surface area contributed by atoms with Crippen LogP contribution in [0.4, 0.5) is 26.3 Å². The van der Waals surface area contributed by atoms with Crippen molar-refractivity contribution in [2.24, 2.45) is 5.73 Å². The number of amides is 1. The Morgan fingerprint density at radius 1 is 1.00 bits per heavy atom. The van der Waals surface area contributed by atoms with Gasteiger partial charge in [0.15, 0.2) is 5.60 Å². The molecule has 1 aliphatic carbocycles. The molecule has 0 bridgehead atoms. The average Bonchev–Trinajstić information content (AvgIpc) is 3.56. The van der Waals surface area contributed by atoms with Gasteiger partial charge >= 0.3 is 6.18 Å². The molecule has 0 aliphatic heterocycles. The van der Waals surface area contributed by atoms with Gasteiger partial charge in [-0.15, -0.1) is 0 Å². The van der Waals surface area contributed by atoms with E-state index in [1.165, 1.54) is 48.5 Å². The fraction of sp³-hybridized carbons (Fsp3) is 0.500. The van der Waals surface area contributed by atoms with Crippen molar-refractivity contribution in [2.45, 2.75) is 74.7 Å². The molecular weight excluding hydrogens is 516 g/mol. The number of halogens is 6. The van der Waals surface area contributed by atoms with Crippen LogP contribution in [0.25, 0.3) is 11.1 Å². The summed E-state index contributed by atoms with van der Waals surface area (Å²) in [5.41, 5.74) is 0.641. The molecule has 0 saturated heterocycles. The van der Waals surface area contributed by atoms with Gasteiger partial charge in [0.05, 0.1) is 18.3 Å². The van der Waals surface area contributed by atoms with Gasteiger partial charge in [0.25, 0.3) is 6.43 Å². The van der Waals surface area contributed by atoms with Crippen molar-refractivity contribution < 1.29 is 41.4 Å². The van der Waals surface area contributed by atoms with E-state index in [1.54, 1.807) is 0 Å². The molecule has 0 heterocycles. The van der Waals surface area contributed by atoms with Crippen molar-refractivity contribution in [3.05, 3.63) is 59.7 Å². The van der Waals surface area contributed by atoms with E-state index in [-0.39, 0.29) is 11.1 Å². The molecule has 6 nitrogen and oxygen atoms in total. The molecule has 1 aliphatic rings. The minimum atomic E-state index is -4.83. The maximum Gasteiger partial charge on any atom is 0.407 e. The Bertz CT molecular complexity index is 1100. The quantitative estimate of drug-likeness (QED) is 0.216. The van der Waals surface area contributed by atoms with Gasteiger partial charge in [-0.3, -0.25) is 10.1 Å². The Hall–Kier alpha value is -2.67. The Labute approximate surface area is 216 Å². The summed E-state index contributed by atoms with van der Waals surface area (Å²) in [5.74, 6) is -0.826. The SMILES string of the molecule is CC(C)(F)C[C@H](N[C@@H](c1ccc(-c2ccc([C@@](O)(CO)C(F)F)cc2)cc1)C(F)(F)F)C(=O)NC1(N)CC1. The number of nitrogens with two attached hydrogens (primary N) is 1. The second-order valence-corrected chi connectivity index (χ2v) is 10.3. The molecule has 1 fully saturated rings. The number of carbonyl (C=O) groups is 1. The van der Waals surface area contributed by atoms with Crippen molar-refractivity contribution in [3.63, 3.8) is 0 Å². The van der Waals surface area contributed by atoms with Crippen LogP contribution in [0.3, 0.4) is 0 Å². The van der Waals surface area contributed by atoms with Crippen LogP contribution in [0.2, 0.25) is 0 Å². The molecular formula is C26H31F6N3O3. The standard InChI is InChI=1S/C26H31F6N3O3/c1-23(2,29)13-19(21(37)35-24(33)11-12-24)34-20(26(30,31)32)17-5-3-15(4-6-17)16-7-9-18(10-8-16)25(38,14-36)22(27)28/h3-10,19-20,22,34,36,38H,11-14,33H2,1-2H3,(H,35,37)/t19-,20-,25-/m0/s1. The number of hydrogen-bond donors (Lipinski definition) is 5. The zero-order valence-electron chi connectivity index (χ0n) is 20.8. The van der Waals surface area contributed by atoms with Crippen LogP contribution >= 0.6 is 0 Å². The average molecular weight is 548 g/mol. The highest BCUT2D eigenvalue weighted by Crippen LogP contribution is 2.36. The summed E-state index contributed by atoms with van der Waals surface area (Å²) < 4.78 is 83.0. The molecule has 38 heavy (non-hydrogen) atoms. The Kier molecular flexibility index (Phi) is 8.52. The number of aliphatic hydroxyl groups excluding tert-OH is 1. The molecule has 0 unspecified atom stereocenters. The minimum absolute atomic E-state index is 0.220. The van der Waals surface area contributed by atoms with Gasteiger partial charge in [-0.25, -0.2) is 13.2 Å². The topological polar surface area (TPSA) is 108 Å². The Morgan fingerprint density at radius 2 is 1.50 bits per heavy atom. The van der Waals surface area contributed by atoms with Gasteiger partial charge in [0.1, 0.15) is 11.7 Å². The summed E-state index contributed by atoms with van der Waals surface area (Å²) in [6.07, 6.45) is -7.65. The lowest BCUT2D eigenvalue weighted by Gasteiger charge is -2.30. The summed E-state index contributed by atoms with van der Waals surface area (Å²) in [5, 5.41) is 23.9. The van der Waals surface area contributed by atoms with Gasteiger partial charge in [-0.2, -0.15) is 13.2 Å². The van der Waals surface area contributed by atoms with E-state index in [0.29, 0.717) is 24.0 Å². The maximum absolute atomic E-state index is 14.4. The third kappa shape index (κ3) is 7.25. The number of alkyl halides is 6. The summed E-state index contributed by atoms with van der Waals surface area (Å²) in [6.45, 7) is 1.13. The molecule has 3 rings (SSSR count). The normalized spacial score (nSPS) is 18.5. The van der Waals surface area contributed by atoms with Crippen molar-refractivity contribution in [2.75, 3.05) is 6.61 Å². The van der Waals surface area contributed by atoms with Gasteiger partial charge in [-0.1, -0.05) is 48.5 Å². The number of rotatable bonds is 11. The molecule has 210 valence electrons. The van der Waals surface area contributed by atoms with Crippen molar-refractivity contribution in [1.29, 1.82) is 0 Å². The summed E-state index contributed by atoms with van der Waals surface area (Å²) in [4.78, 5) is 12.7. The highest BCUT2D eigenvalue weighted by Gasteiger charge is 2.46. The third-order valence-electron chi connectivity index (χ3n) is 6.43. The predicted molar refractivity (Wildman–Crippen MR) is 129 cm³/mol. The first kappa shape index (κ1) is 29.9. The van der Waals surface area contributed by atoms with E-state index in [1.807, 2.05) is 0 Å². The van der Waals surface area contributed by atoms with Crippen molar-refractivity contribution in [1.82, 2.24) is 10.6 Å². The number of carbonyl (C=O) groups excluding carboxylic acids is 1. The van der Waals surface area contributed by atoms with E-state index in [9.17, 15) is 41.4 Å². The Morgan fingerprint density at radius 3 is 1.89 bits per heavy atom. The first-order valence-electron chi connectivity index (χ1n) is 11.9. The van der Waals surface area contributed by atoms with Crippen molar-refractivity contribution >= 4 is 5.91 Å². The third-order valence-corrected chi connectivity index (χ3v) is 6.43. The van der Waals surface area contributed by atoms with Gasteiger partial charge in [0.2, 0.25) is 5.91 Å². The lowest BCUT2D eigenvalue weighted by atomic mass is 9.92. The van der Waals surface area contributed by atoms with E-state index in [2.05, 4.69) is 10.6 Å². The Balaban J connectivity index is 1.84. The fourth-order valence-corrected chi connectivity index (χ4v) is 3.99. The van der Waals surface area contributed by atoms with Crippen LogP contribution in [0.15, 0.2) is 48.5 Å². The molecule has 2 aromatic rings. The van der Waals surface area contributed by atoms with Crippen LogP contribution < -0.4 is 16.4 Å². The van der Waals surface area contributed by atoms with Crippen LogP contribution in [0.5, 0.6) is 0 Å². The second kappa shape index (κ2) is 10.8. The number of hydrogen-bond acceptors (Lipinski definition) is 5. The van der Waals surface area contributed by atoms with Crippen LogP contribution in [-0.2, 0) is 10.4 Å². The lowest BCUT2D eigenvalue weighted by molar-refractivity contribution is -0.161. The maximum atomic E-state index is 14.4. The van der Waals surface area contributed by atoms with E-state index in [4.69, 9.17) is 5.73 Å². The summed E-state index contributed by atoms with van der Waals surface area (Å²) in [7, 11) is 0. The molecule has 0 spiro atoms. The number of benzene rings is 2. The zero-order chi connectivity index (χ0) is 28.5. The smallest absolute Gasteiger partial charge is 0.393 e. The number of aliphatic hydroxyl groups is 2. The first-order valence-corrected chi connectivity index (χ1v) is 11.9. The van der Waals surface area contributed by atoms with E-state index in [0.717, 1.165) is 13.8 Å². The second-order valence-electron chi connectivity index (χ2n) is 10.3. The lowest BCUT2D eigenvalue weighted by Crippen LogP contribution is -2.55. The highest BCUT2D eigenvalue weighted by atomic mass is 19.4. The van der Waals surface area contributed by atoms with Crippen LogP contribution in [-0.4, -0.2) is 52.7 Å².